The fourth-order valence-electron chi connectivity index (χ4n) is 6.07. The predicted molar refractivity (Wildman–Crippen MR) is 179 cm³/mol. The SMILES string of the molecule is CCN[C@H]1CN(CCCOC)S(=O)(=O)c2sc(S(=O)(=O)NC(=O)[C@H](C)CC(C)(C)[Si](O)(c3ccccc3)c3ccccc3)cc21. The van der Waals surface area contributed by atoms with Crippen LogP contribution in [0.1, 0.15) is 52.1 Å². The van der Waals surface area contributed by atoms with Gasteiger partial charge in [0.2, 0.25) is 5.91 Å². The molecule has 2 atom stereocenters. The van der Waals surface area contributed by atoms with Gasteiger partial charge in [-0.15, -0.1) is 11.3 Å². The second kappa shape index (κ2) is 14.1. The highest BCUT2D eigenvalue weighted by Crippen LogP contribution is 2.42. The summed E-state index contributed by atoms with van der Waals surface area (Å²) >= 11 is 0.651. The number of methoxy groups -OCH3 is 1. The third-order valence-electron chi connectivity index (χ3n) is 8.37. The quantitative estimate of drug-likeness (QED) is 0.173. The molecular weight excluding hydrogens is 651 g/mol. The first-order valence-corrected chi connectivity index (χ1v) is 20.6. The van der Waals surface area contributed by atoms with Crippen molar-refractivity contribution in [1.82, 2.24) is 14.3 Å². The molecular formula is C31H43N3O7S3Si. The smallest absolute Gasteiger partial charge is 0.273 e. The molecule has 4 rings (SSSR count). The second-order valence-electron chi connectivity index (χ2n) is 12.0. The summed E-state index contributed by atoms with van der Waals surface area (Å²) in [5.74, 6) is -1.51. The number of carbonyl (C=O) groups excluding carboxylic acids is 1. The number of hydrogen-bond donors (Lipinski definition) is 3. The average Bonchev–Trinajstić information content (AvgIpc) is 3.48. The number of nitrogens with one attached hydrogen (secondary N) is 2. The molecule has 14 heteroatoms. The van der Waals surface area contributed by atoms with Crippen LogP contribution in [-0.2, 0) is 29.6 Å². The van der Waals surface area contributed by atoms with Gasteiger partial charge in [0.15, 0.2) is 0 Å². The lowest BCUT2D eigenvalue weighted by Crippen LogP contribution is -2.65. The Hall–Kier alpha value is -2.43. The van der Waals surface area contributed by atoms with Crippen LogP contribution in [0.3, 0.4) is 0 Å². The molecule has 10 nitrogen and oxygen atoms in total. The number of carbonyl (C=O) groups is 1. The molecule has 0 spiro atoms. The number of likely N-dealkylation sites (N-methyl/N-ethyl adjacent to an activating group) is 1. The third-order valence-corrected chi connectivity index (χ3v) is 18.2. The van der Waals surface area contributed by atoms with E-state index in [1.165, 1.54) is 10.4 Å². The summed E-state index contributed by atoms with van der Waals surface area (Å²) in [6.07, 6.45) is 0.701. The van der Waals surface area contributed by atoms with Gasteiger partial charge in [0, 0.05) is 44.3 Å². The molecule has 0 saturated heterocycles. The highest BCUT2D eigenvalue weighted by atomic mass is 32.3. The first kappa shape index (κ1) is 35.4. The van der Waals surface area contributed by atoms with E-state index >= 15 is 0 Å². The maximum absolute atomic E-state index is 13.5. The molecule has 0 radical (unpaired) electrons. The lowest BCUT2D eigenvalue weighted by Gasteiger charge is -2.42. The monoisotopic (exact) mass is 693 g/mol. The Morgan fingerprint density at radius 2 is 1.71 bits per heavy atom. The van der Waals surface area contributed by atoms with Crippen molar-refractivity contribution in [3.05, 3.63) is 72.3 Å². The summed E-state index contributed by atoms with van der Waals surface area (Å²) in [6, 6.07) is 19.8. The van der Waals surface area contributed by atoms with Crippen molar-refractivity contribution in [2.24, 2.45) is 5.92 Å². The van der Waals surface area contributed by atoms with Crippen molar-refractivity contribution >= 4 is 56.0 Å². The minimum absolute atomic E-state index is 0.0408. The first-order chi connectivity index (χ1) is 21.2. The van der Waals surface area contributed by atoms with Gasteiger partial charge in [0.05, 0.1) is 0 Å². The van der Waals surface area contributed by atoms with Gasteiger partial charge in [-0.05, 0) is 40.9 Å². The van der Waals surface area contributed by atoms with Gasteiger partial charge >= 0.3 is 0 Å². The van der Waals surface area contributed by atoms with Crippen LogP contribution in [0.2, 0.25) is 5.04 Å². The van der Waals surface area contributed by atoms with Crippen molar-refractivity contribution in [1.29, 1.82) is 0 Å². The van der Waals surface area contributed by atoms with Gasteiger partial charge in [0.1, 0.15) is 8.42 Å². The average molecular weight is 694 g/mol. The summed E-state index contributed by atoms with van der Waals surface area (Å²) in [5.41, 5.74) is 0.383. The largest absolute Gasteiger partial charge is 0.424 e. The predicted octanol–water partition coefficient (Wildman–Crippen LogP) is 2.80. The molecule has 45 heavy (non-hydrogen) atoms. The summed E-state index contributed by atoms with van der Waals surface area (Å²) in [7, 11) is -10.2. The lowest BCUT2D eigenvalue weighted by atomic mass is 9.97. The molecule has 0 bridgehead atoms. The molecule has 2 aromatic carbocycles. The third kappa shape index (κ3) is 7.28. The fourth-order valence-corrected chi connectivity index (χ4v) is 14.9. The number of amides is 1. The van der Waals surface area contributed by atoms with Crippen LogP contribution in [0.15, 0.2) is 75.1 Å². The molecule has 1 aromatic heterocycles. The zero-order valence-corrected chi connectivity index (χ0v) is 29.8. The topological polar surface area (TPSA) is 142 Å². The molecule has 0 aliphatic carbocycles. The summed E-state index contributed by atoms with van der Waals surface area (Å²) in [4.78, 5) is 25.9. The number of sulfonamides is 2. The van der Waals surface area contributed by atoms with Crippen molar-refractivity contribution in [3.63, 3.8) is 0 Å². The van der Waals surface area contributed by atoms with E-state index in [0.717, 1.165) is 10.4 Å². The van der Waals surface area contributed by atoms with Crippen LogP contribution < -0.4 is 20.4 Å². The van der Waals surface area contributed by atoms with Crippen LogP contribution >= 0.6 is 11.3 Å². The Bertz CT molecular complexity index is 1640. The molecule has 1 aliphatic heterocycles. The number of hydrogen-bond acceptors (Lipinski definition) is 9. The van der Waals surface area contributed by atoms with Gasteiger partial charge in [-0.1, -0.05) is 88.4 Å². The number of ether oxygens (including phenoxy) is 1. The summed E-state index contributed by atoms with van der Waals surface area (Å²) in [6.45, 7) is 8.71. The number of rotatable bonds is 14. The van der Waals surface area contributed by atoms with E-state index in [9.17, 15) is 26.4 Å². The molecule has 1 amide bonds. The van der Waals surface area contributed by atoms with E-state index in [1.54, 1.807) is 14.0 Å². The van der Waals surface area contributed by atoms with E-state index in [-0.39, 0.29) is 27.9 Å². The molecule has 2 heterocycles. The van der Waals surface area contributed by atoms with Gasteiger partial charge < -0.3 is 14.8 Å². The molecule has 0 saturated carbocycles. The zero-order chi connectivity index (χ0) is 33.0. The zero-order valence-electron chi connectivity index (χ0n) is 26.3. The molecule has 246 valence electrons. The number of fused-ring (bicyclic) bond motifs is 1. The Morgan fingerprint density at radius 3 is 2.24 bits per heavy atom. The molecule has 3 N–H and O–H groups in total. The van der Waals surface area contributed by atoms with E-state index < -0.39 is 51.3 Å². The van der Waals surface area contributed by atoms with Crippen LogP contribution in [0, 0.1) is 5.92 Å². The second-order valence-corrected chi connectivity index (χ2v) is 21.1. The highest BCUT2D eigenvalue weighted by molar-refractivity contribution is 7.94. The Balaban J connectivity index is 1.59. The highest BCUT2D eigenvalue weighted by Gasteiger charge is 2.51. The van der Waals surface area contributed by atoms with Gasteiger partial charge in [0.25, 0.3) is 28.4 Å². The minimum Gasteiger partial charge on any atom is -0.424 e. The van der Waals surface area contributed by atoms with Crippen LogP contribution in [0.25, 0.3) is 0 Å². The molecule has 0 unspecified atom stereocenters. The Labute approximate surface area is 272 Å². The van der Waals surface area contributed by atoms with E-state index in [0.29, 0.717) is 36.5 Å². The molecule has 1 aliphatic rings. The fraction of sp³-hybridized carbons (Fsp3) is 0.452. The van der Waals surface area contributed by atoms with E-state index in [4.69, 9.17) is 4.74 Å². The van der Waals surface area contributed by atoms with E-state index in [1.807, 2.05) is 81.4 Å². The number of benzene rings is 2. The van der Waals surface area contributed by atoms with Crippen LogP contribution in [0.4, 0.5) is 0 Å². The Kier molecular flexibility index (Phi) is 11.1. The van der Waals surface area contributed by atoms with Crippen molar-refractivity contribution in [3.8, 4) is 0 Å². The van der Waals surface area contributed by atoms with Crippen LogP contribution in [-0.4, -0.2) is 73.5 Å². The Morgan fingerprint density at radius 1 is 1.13 bits per heavy atom. The number of nitrogens with zero attached hydrogens (tertiary/aromatic N) is 1. The molecule has 0 fully saturated rings. The van der Waals surface area contributed by atoms with Crippen molar-refractivity contribution in [2.45, 2.75) is 60.0 Å². The lowest BCUT2D eigenvalue weighted by molar-refractivity contribution is -0.123. The van der Waals surface area contributed by atoms with Crippen LogP contribution in [0.5, 0.6) is 0 Å². The van der Waals surface area contributed by atoms with Crippen molar-refractivity contribution in [2.75, 3.05) is 33.4 Å². The summed E-state index contributed by atoms with van der Waals surface area (Å²) in [5, 5.41) is 4.06. The maximum atomic E-state index is 13.5. The van der Waals surface area contributed by atoms with Gasteiger partial charge in [-0.3, -0.25) is 4.79 Å². The minimum atomic E-state index is -4.38. The van der Waals surface area contributed by atoms with Gasteiger partial charge in [-0.2, -0.15) is 4.31 Å². The first-order valence-electron chi connectivity index (χ1n) is 14.9. The number of thiophene rings is 1. The van der Waals surface area contributed by atoms with E-state index in [2.05, 4.69) is 10.0 Å². The van der Waals surface area contributed by atoms with Gasteiger partial charge in [-0.25, -0.2) is 21.6 Å². The standard InChI is InChI=1S/C31H43N3O7S3Si/c1-6-32-27-22-34(18-13-19-41-5)44(38,39)30-26(27)20-28(42-30)43(36,37)33-29(35)23(2)21-31(3,4)45(40,24-14-9-7-10-15-24)25-16-11-8-12-17-25/h7-12,14-17,20,23,27,32,40H,6,13,18-19,21-22H2,1-5H3,(H,33,35)/t23-,27+/m1/s1. The summed E-state index contributed by atoms with van der Waals surface area (Å²) < 4.78 is 62.3. The molecule has 3 aromatic rings. The van der Waals surface area contributed by atoms with Crippen molar-refractivity contribution < 1.29 is 31.2 Å². The normalized spacial score (nSPS) is 17.9. The maximum Gasteiger partial charge on any atom is 0.273 e.